The Hall–Kier alpha value is -2.11. The van der Waals surface area contributed by atoms with Gasteiger partial charge in [0.05, 0.1) is 0 Å². The molecule has 0 aromatic heterocycles. The van der Waals surface area contributed by atoms with Crippen molar-refractivity contribution in [2.75, 3.05) is 0 Å². The van der Waals surface area contributed by atoms with Gasteiger partial charge in [0.25, 0.3) is 5.17 Å². The summed E-state index contributed by atoms with van der Waals surface area (Å²) in [4.78, 5) is 13.6. The van der Waals surface area contributed by atoms with E-state index in [2.05, 4.69) is 18.5 Å². The number of thioether (sulfide) groups is 1. The molecule has 3 nitrogen and oxygen atoms in total. The highest BCUT2D eigenvalue weighted by molar-refractivity contribution is 8.11. The van der Waals surface area contributed by atoms with E-state index in [9.17, 15) is 4.79 Å². The Morgan fingerprint density at radius 2 is 1.96 bits per heavy atom. The SMILES string of the molecule is C=C/C=C(/C)SC(=C)c1cc(OC(=S)N/C=C\C)cc(C(C)=O)c1. The van der Waals surface area contributed by atoms with Crippen molar-refractivity contribution in [3.63, 3.8) is 0 Å². The van der Waals surface area contributed by atoms with E-state index in [-0.39, 0.29) is 11.0 Å². The van der Waals surface area contributed by atoms with Gasteiger partial charge in [0, 0.05) is 16.7 Å². The number of benzene rings is 1. The van der Waals surface area contributed by atoms with Crippen LogP contribution in [0.3, 0.4) is 0 Å². The molecule has 5 heteroatoms. The summed E-state index contributed by atoms with van der Waals surface area (Å²) < 4.78 is 5.59. The lowest BCUT2D eigenvalue weighted by molar-refractivity contribution is 0.101. The third kappa shape index (κ3) is 6.56. The zero-order valence-corrected chi connectivity index (χ0v) is 15.7. The Bertz CT molecular complexity index is 718. The van der Waals surface area contributed by atoms with Crippen molar-refractivity contribution >= 4 is 39.8 Å². The van der Waals surface area contributed by atoms with Crippen molar-refractivity contribution in [3.8, 4) is 5.75 Å². The molecule has 1 N–H and O–H groups in total. The van der Waals surface area contributed by atoms with E-state index in [1.54, 1.807) is 30.5 Å². The summed E-state index contributed by atoms with van der Waals surface area (Å²) in [7, 11) is 0. The van der Waals surface area contributed by atoms with E-state index in [1.807, 2.05) is 26.0 Å². The first kappa shape index (κ1) is 19.9. The number of thiocarbonyl (C=S) groups is 1. The fourth-order valence-corrected chi connectivity index (χ4v) is 2.72. The molecule has 0 unspecified atom stereocenters. The molecule has 0 heterocycles. The molecule has 0 fully saturated rings. The Labute approximate surface area is 153 Å². The van der Waals surface area contributed by atoms with E-state index in [4.69, 9.17) is 17.0 Å². The fraction of sp³-hybridized carbons (Fsp3) is 0.158. The van der Waals surface area contributed by atoms with Gasteiger partial charge in [0.15, 0.2) is 5.78 Å². The quantitative estimate of drug-likeness (QED) is 0.397. The summed E-state index contributed by atoms with van der Waals surface area (Å²) in [5, 5.41) is 3.03. The lowest BCUT2D eigenvalue weighted by Crippen LogP contribution is -2.21. The molecule has 0 spiro atoms. The van der Waals surface area contributed by atoms with E-state index in [0.29, 0.717) is 11.3 Å². The Morgan fingerprint density at radius 1 is 1.29 bits per heavy atom. The summed E-state index contributed by atoms with van der Waals surface area (Å²) in [5.41, 5.74) is 1.36. The van der Waals surface area contributed by atoms with Crippen LogP contribution in [0.1, 0.15) is 36.7 Å². The fourth-order valence-electron chi connectivity index (χ4n) is 1.76. The van der Waals surface area contributed by atoms with Crippen LogP contribution in [0, 0.1) is 0 Å². The number of nitrogens with one attached hydrogen (secondary N) is 1. The van der Waals surface area contributed by atoms with Crippen molar-refractivity contribution < 1.29 is 9.53 Å². The highest BCUT2D eigenvalue weighted by atomic mass is 32.2. The molecule has 0 atom stereocenters. The third-order valence-electron chi connectivity index (χ3n) is 2.85. The molecule has 126 valence electrons. The van der Waals surface area contributed by atoms with Crippen LogP contribution >= 0.6 is 24.0 Å². The van der Waals surface area contributed by atoms with Crippen LogP contribution in [0.5, 0.6) is 5.75 Å². The second kappa shape index (κ2) is 9.90. The Kier molecular flexibility index (Phi) is 8.22. The highest BCUT2D eigenvalue weighted by Gasteiger charge is 2.10. The minimum atomic E-state index is -0.0508. The Morgan fingerprint density at radius 3 is 2.54 bits per heavy atom. The summed E-state index contributed by atoms with van der Waals surface area (Å²) in [5.74, 6) is 0.442. The lowest BCUT2D eigenvalue weighted by atomic mass is 10.1. The average molecular weight is 360 g/mol. The normalized spacial score (nSPS) is 11.2. The molecule has 0 saturated heterocycles. The molecule has 0 aliphatic carbocycles. The smallest absolute Gasteiger partial charge is 0.266 e. The number of carbonyl (C=O) groups excluding carboxylic acids is 1. The predicted octanol–water partition coefficient (Wildman–Crippen LogP) is 5.47. The van der Waals surface area contributed by atoms with Gasteiger partial charge in [0.1, 0.15) is 5.75 Å². The van der Waals surface area contributed by atoms with Gasteiger partial charge in [-0.3, -0.25) is 4.79 Å². The number of carbonyl (C=O) groups is 1. The first-order valence-electron chi connectivity index (χ1n) is 7.29. The highest BCUT2D eigenvalue weighted by Crippen LogP contribution is 2.34. The summed E-state index contributed by atoms with van der Waals surface area (Å²) in [6.07, 6.45) is 7.11. The van der Waals surface area contributed by atoms with E-state index in [1.165, 1.54) is 18.7 Å². The Balaban J connectivity index is 3.09. The predicted molar refractivity (Wildman–Crippen MR) is 108 cm³/mol. The summed E-state index contributed by atoms with van der Waals surface area (Å²) in [6.45, 7) is 13.1. The van der Waals surface area contributed by atoms with Gasteiger partial charge >= 0.3 is 0 Å². The van der Waals surface area contributed by atoms with Crippen molar-refractivity contribution in [1.29, 1.82) is 0 Å². The van der Waals surface area contributed by atoms with E-state index >= 15 is 0 Å². The van der Waals surface area contributed by atoms with Crippen LogP contribution in [0.4, 0.5) is 0 Å². The molecular formula is C19H21NO2S2. The van der Waals surface area contributed by atoms with Crippen molar-refractivity contribution in [2.24, 2.45) is 0 Å². The summed E-state index contributed by atoms with van der Waals surface area (Å²) in [6, 6.07) is 5.28. The maximum atomic E-state index is 11.8. The van der Waals surface area contributed by atoms with Crippen molar-refractivity contribution in [2.45, 2.75) is 20.8 Å². The number of hydrogen-bond acceptors (Lipinski definition) is 4. The standard InChI is InChI=1S/C19H21NO2S2/c1-6-8-13(3)24-15(5)17-10-16(14(4)21)11-18(12-17)22-19(23)20-9-7-2/h6-12H,1,5H2,2-4H3,(H,20,23)/b9-7-,13-8-. The molecule has 0 aliphatic rings. The monoisotopic (exact) mass is 359 g/mol. The van der Waals surface area contributed by atoms with Gasteiger partial charge in [-0.15, -0.1) is 0 Å². The third-order valence-corrected chi connectivity index (χ3v) is 3.99. The van der Waals surface area contributed by atoms with E-state index < -0.39 is 0 Å². The first-order chi connectivity index (χ1) is 11.4. The van der Waals surface area contributed by atoms with Crippen LogP contribution < -0.4 is 10.1 Å². The van der Waals surface area contributed by atoms with Gasteiger partial charge in [-0.2, -0.15) is 0 Å². The van der Waals surface area contributed by atoms with Crippen LogP contribution in [0.2, 0.25) is 0 Å². The van der Waals surface area contributed by atoms with Gasteiger partial charge in [0.2, 0.25) is 0 Å². The number of rotatable bonds is 7. The zero-order valence-electron chi connectivity index (χ0n) is 14.1. The maximum absolute atomic E-state index is 11.8. The number of ether oxygens (including phenoxy) is 1. The topological polar surface area (TPSA) is 38.3 Å². The molecule has 0 aliphatic heterocycles. The van der Waals surface area contributed by atoms with Crippen LogP contribution in [0.25, 0.3) is 4.91 Å². The molecule has 0 saturated carbocycles. The van der Waals surface area contributed by atoms with Crippen LogP contribution in [-0.2, 0) is 0 Å². The second-order valence-electron chi connectivity index (χ2n) is 4.87. The largest absolute Gasteiger partial charge is 0.432 e. The lowest BCUT2D eigenvalue weighted by Gasteiger charge is -2.12. The molecule has 24 heavy (non-hydrogen) atoms. The average Bonchev–Trinajstić information content (AvgIpc) is 2.52. The van der Waals surface area contributed by atoms with Gasteiger partial charge < -0.3 is 10.1 Å². The summed E-state index contributed by atoms with van der Waals surface area (Å²) >= 11 is 6.61. The van der Waals surface area contributed by atoms with Crippen molar-refractivity contribution in [3.05, 3.63) is 71.8 Å². The molecule has 1 aromatic rings. The van der Waals surface area contributed by atoms with Crippen LogP contribution in [-0.4, -0.2) is 11.0 Å². The van der Waals surface area contributed by atoms with Gasteiger partial charge in [-0.05, 0) is 61.7 Å². The van der Waals surface area contributed by atoms with Crippen LogP contribution in [0.15, 0.2) is 60.7 Å². The molecule has 0 amide bonds. The maximum Gasteiger partial charge on any atom is 0.266 e. The molecular weight excluding hydrogens is 338 g/mol. The van der Waals surface area contributed by atoms with E-state index in [0.717, 1.165) is 15.4 Å². The minimum Gasteiger partial charge on any atom is -0.432 e. The van der Waals surface area contributed by atoms with Gasteiger partial charge in [-0.1, -0.05) is 43.1 Å². The number of ketones is 1. The number of Topliss-reactive ketones (excluding diaryl/α,β-unsaturated/α-hetero) is 1. The number of hydrogen-bond donors (Lipinski definition) is 1. The zero-order chi connectivity index (χ0) is 18.1. The molecule has 1 rings (SSSR count). The van der Waals surface area contributed by atoms with Gasteiger partial charge in [-0.25, -0.2) is 0 Å². The molecule has 1 aromatic carbocycles. The first-order valence-corrected chi connectivity index (χ1v) is 8.51. The van der Waals surface area contributed by atoms with Crippen molar-refractivity contribution in [1.82, 2.24) is 5.32 Å². The second-order valence-corrected chi connectivity index (χ2v) is 6.59. The molecule has 0 radical (unpaired) electrons. The minimum absolute atomic E-state index is 0.0508. The molecule has 0 bridgehead atoms. The number of allylic oxidation sites excluding steroid dienone is 4.